The summed E-state index contributed by atoms with van der Waals surface area (Å²) in [5.74, 6) is -2.41. The highest BCUT2D eigenvalue weighted by Gasteiger charge is 2.21. The van der Waals surface area contributed by atoms with E-state index in [9.17, 15) is 13.6 Å². The Morgan fingerprint density at radius 3 is 2.68 bits per heavy atom. The molecule has 1 unspecified atom stereocenters. The summed E-state index contributed by atoms with van der Waals surface area (Å²) >= 11 is 2.98. The maximum absolute atomic E-state index is 13.6. The minimum Gasteiger partial charge on any atom is -0.348 e. The number of benzene rings is 1. The van der Waals surface area contributed by atoms with Crippen LogP contribution in [-0.2, 0) is 0 Å². The second-order valence-corrected chi connectivity index (χ2v) is 5.53. The normalized spacial score (nSPS) is 19.8. The Balaban J connectivity index is 2.11. The molecule has 0 bridgehead atoms. The van der Waals surface area contributed by atoms with Crippen LogP contribution in [0.2, 0.25) is 0 Å². The van der Waals surface area contributed by atoms with Crippen molar-refractivity contribution >= 4 is 21.8 Å². The summed E-state index contributed by atoms with van der Waals surface area (Å²) in [5, 5.41) is 5.86. The fourth-order valence-electron chi connectivity index (χ4n) is 2.16. The highest BCUT2D eigenvalue weighted by atomic mass is 79.9. The second-order valence-electron chi connectivity index (χ2n) is 4.61. The number of carbonyl (C=O) groups is 1. The lowest BCUT2D eigenvalue weighted by molar-refractivity contribution is 0.0927. The minimum absolute atomic E-state index is 0.0857. The highest BCUT2D eigenvalue weighted by Crippen LogP contribution is 2.19. The van der Waals surface area contributed by atoms with E-state index in [2.05, 4.69) is 26.6 Å². The van der Waals surface area contributed by atoms with Crippen LogP contribution in [0.3, 0.4) is 0 Å². The summed E-state index contributed by atoms with van der Waals surface area (Å²) in [7, 11) is 0. The Morgan fingerprint density at radius 2 is 2.00 bits per heavy atom. The van der Waals surface area contributed by atoms with Crippen molar-refractivity contribution in [2.75, 3.05) is 13.1 Å². The number of carbonyl (C=O) groups excluding carboxylic acids is 1. The molecule has 0 aromatic heterocycles. The first-order valence-electron chi connectivity index (χ1n) is 6.24. The van der Waals surface area contributed by atoms with Crippen LogP contribution in [0.15, 0.2) is 16.6 Å². The summed E-state index contributed by atoms with van der Waals surface area (Å²) < 4.78 is 27.6. The third kappa shape index (κ3) is 3.73. The van der Waals surface area contributed by atoms with Gasteiger partial charge >= 0.3 is 0 Å². The number of rotatable bonds is 2. The first-order valence-corrected chi connectivity index (χ1v) is 7.03. The van der Waals surface area contributed by atoms with Crippen LogP contribution >= 0.6 is 15.9 Å². The molecule has 104 valence electrons. The van der Waals surface area contributed by atoms with Crippen molar-refractivity contribution in [1.82, 2.24) is 10.6 Å². The summed E-state index contributed by atoms with van der Waals surface area (Å²) in [6.45, 7) is 1.54. The molecule has 1 fully saturated rings. The largest absolute Gasteiger partial charge is 0.348 e. The fraction of sp³-hybridized carbons (Fsp3) is 0.462. The lowest BCUT2D eigenvalue weighted by atomic mass is 10.1. The minimum atomic E-state index is -0.856. The van der Waals surface area contributed by atoms with Gasteiger partial charge in [0.1, 0.15) is 17.2 Å². The van der Waals surface area contributed by atoms with Crippen LogP contribution < -0.4 is 10.6 Å². The smallest absolute Gasteiger partial charge is 0.257 e. The zero-order chi connectivity index (χ0) is 13.8. The van der Waals surface area contributed by atoms with E-state index < -0.39 is 23.1 Å². The molecular weight excluding hydrogens is 318 g/mol. The van der Waals surface area contributed by atoms with Gasteiger partial charge in [-0.15, -0.1) is 0 Å². The number of halogens is 3. The molecule has 0 radical (unpaired) electrons. The van der Waals surface area contributed by atoms with E-state index in [-0.39, 0.29) is 10.5 Å². The van der Waals surface area contributed by atoms with Crippen LogP contribution in [0.25, 0.3) is 0 Å². The fourth-order valence-corrected chi connectivity index (χ4v) is 2.56. The van der Waals surface area contributed by atoms with E-state index >= 15 is 0 Å². The molecule has 3 nitrogen and oxygen atoms in total. The molecule has 1 aromatic rings. The van der Waals surface area contributed by atoms with Crippen molar-refractivity contribution in [2.24, 2.45) is 0 Å². The van der Waals surface area contributed by atoms with E-state index in [4.69, 9.17) is 0 Å². The Bertz CT molecular complexity index is 451. The molecule has 2 rings (SSSR count). The SMILES string of the molecule is O=C(NC1CCCCNC1)c1c(F)cc(Br)cc1F. The van der Waals surface area contributed by atoms with Crippen molar-refractivity contribution in [3.8, 4) is 0 Å². The lowest BCUT2D eigenvalue weighted by Gasteiger charge is -2.17. The van der Waals surface area contributed by atoms with Gasteiger partial charge in [-0.25, -0.2) is 8.78 Å². The predicted molar refractivity (Wildman–Crippen MR) is 72.0 cm³/mol. The van der Waals surface area contributed by atoms with Gasteiger partial charge in [0.05, 0.1) is 0 Å². The molecule has 1 atom stereocenters. The molecule has 6 heteroatoms. The van der Waals surface area contributed by atoms with Gasteiger partial charge in [-0.1, -0.05) is 22.4 Å². The average Bonchev–Trinajstić information content (AvgIpc) is 2.56. The van der Waals surface area contributed by atoms with Gasteiger partial charge in [0.25, 0.3) is 5.91 Å². The maximum atomic E-state index is 13.6. The summed E-state index contributed by atoms with van der Waals surface area (Å²) in [6, 6.07) is 2.09. The molecule has 2 N–H and O–H groups in total. The Kier molecular flexibility index (Phi) is 4.87. The first kappa shape index (κ1) is 14.4. The topological polar surface area (TPSA) is 41.1 Å². The monoisotopic (exact) mass is 332 g/mol. The highest BCUT2D eigenvalue weighted by molar-refractivity contribution is 9.10. The first-order chi connectivity index (χ1) is 9.08. The van der Waals surface area contributed by atoms with E-state index in [1.165, 1.54) is 0 Å². The van der Waals surface area contributed by atoms with Crippen LogP contribution in [-0.4, -0.2) is 25.0 Å². The molecule has 1 saturated heterocycles. The molecule has 1 heterocycles. The summed E-state index contributed by atoms with van der Waals surface area (Å²) in [5.41, 5.74) is -0.521. The zero-order valence-corrected chi connectivity index (χ0v) is 11.9. The van der Waals surface area contributed by atoms with Crippen molar-refractivity contribution in [2.45, 2.75) is 25.3 Å². The van der Waals surface area contributed by atoms with Gasteiger partial charge in [-0.05, 0) is 31.5 Å². The van der Waals surface area contributed by atoms with Gasteiger partial charge in [0.2, 0.25) is 0 Å². The number of nitrogens with one attached hydrogen (secondary N) is 2. The average molecular weight is 333 g/mol. The van der Waals surface area contributed by atoms with E-state index in [0.29, 0.717) is 6.54 Å². The van der Waals surface area contributed by atoms with E-state index in [1.807, 2.05) is 0 Å². The van der Waals surface area contributed by atoms with Crippen molar-refractivity contribution in [3.63, 3.8) is 0 Å². The molecule has 0 aliphatic carbocycles. The Hall–Kier alpha value is -1.01. The molecule has 0 saturated carbocycles. The van der Waals surface area contributed by atoms with Gasteiger partial charge in [0.15, 0.2) is 0 Å². The Labute approximate surface area is 118 Å². The predicted octanol–water partition coefficient (Wildman–Crippen LogP) is 2.60. The Morgan fingerprint density at radius 1 is 1.32 bits per heavy atom. The standard InChI is InChI=1S/C13H15BrF2N2O/c14-8-5-10(15)12(11(16)6-8)13(19)18-9-3-1-2-4-17-7-9/h5-6,9,17H,1-4,7H2,(H,18,19). The van der Waals surface area contributed by atoms with Crippen molar-refractivity contribution in [3.05, 3.63) is 33.8 Å². The van der Waals surface area contributed by atoms with E-state index in [1.54, 1.807) is 0 Å². The van der Waals surface area contributed by atoms with Crippen LogP contribution in [0.5, 0.6) is 0 Å². The second kappa shape index (κ2) is 6.43. The molecule has 1 aliphatic rings. The third-order valence-electron chi connectivity index (χ3n) is 3.12. The number of hydrogen-bond acceptors (Lipinski definition) is 2. The van der Waals surface area contributed by atoms with Crippen LogP contribution in [0.4, 0.5) is 8.78 Å². The van der Waals surface area contributed by atoms with E-state index in [0.717, 1.165) is 37.9 Å². The summed E-state index contributed by atoms with van der Waals surface area (Å²) in [6.07, 6.45) is 2.86. The zero-order valence-electron chi connectivity index (χ0n) is 10.3. The third-order valence-corrected chi connectivity index (χ3v) is 3.57. The van der Waals surface area contributed by atoms with Gasteiger partial charge in [-0.3, -0.25) is 4.79 Å². The lowest BCUT2D eigenvalue weighted by Crippen LogP contribution is -2.41. The summed E-state index contributed by atoms with van der Waals surface area (Å²) in [4.78, 5) is 11.9. The number of hydrogen-bond donors (Lipinski definition) is 2. The number of amides is 1. The van der Waals surface area contributed by atoms with Gasteiger partial charge in [-0.2, -0.15) is 0 Å². The molecule has 0 spiro atoms. The molecule has 19 heavy (non-hydrogen) atoms. The van der Waals surface area contributed by atoms with Crippen molar-refractivity contribution in [1.29, 1.82) is 0 Å². The molecular formula is C13H15BrF2N2O. The molecule has 1 aromatic carbocycles. The van der Waals surface area contributed by atoms with Gasteiger partial charge < -0.3 is 10.6 Å². The molecule has 1 amide bonds. The van der Waals surface area contributed by atoms with Gasteiger partial charge in [0, 0.05) is 17.1 Å². The maximum Gasteiger partial charge on any atom is 0.257 e. The quantitative estimate of drug-likeness (QED) is 0.874. The van der Waals surface area contributed by atoms with Crippen LogP contribution in [0, 0.1) is 11.6 Å². The molecule has 1 aliphatic heterocycles. The van der Waals surface area contributed by atoms with Crippen molar-refractivity contribution < 1.29 is 13.6 Å². The van der Waals surface area contributed by atoms with Crippen LogP contribution in [0.1, 0.15) is 29.6 Å².